The molecule has 1 atom stereocenters. The number of hydrogen-bond donors (Lipinski definition) is 2. The summed E-state index contributed by atoms with van der Waals surface area (Å²) in [7, 11) is 0. The van der Waals surface area contributed by atoms with E-state index >= 15 is 0 Å². The number of nitrogens with one attached hydrogen (secondary N) is 2. The van der Waals surface area contributed by atoms with Gasteiger partial charge in [-0.05, 0) is 18.1 Å². The smallest absolute Gasteiger partial charge is 0.239 e. The highest BCUT2D eigenvalue weighted by Gasteiger charge is 2.20. The summed E-state index contributed by atoms with van der Waals surface area (Å²) in [5.74, 6) is 0.00736. The molecule has 1 saturated heterocycles. The van der Waals surface area contributed by atoms with Gasteiger partial charge in [-0.3, -0.25) is 4.79 Å². The van der Waals surface area contributed by atoms with Crippen molar-refractivity contribution in [3.8, 4) is 0 Å². The third-order valence-electron chi connectivity index (χ3n) is 2.95. The lowest BCUT2D eigenvalue weighted by Gasteiger charge is -2.23. The lowest BCUT2D eigenvalue weighted by molar-refractivity contribution is -0.126. The van der Waals surface area contributed by atoms with E-state index in [0.717, 1.165) is 12.1 Å². The van der Waals surface area contributed by atoms with Gasteiger partial charge in [0, 0.05) is 13.1 Å². The Morgan fingerprint density at radius 3 is 2.94 bits per heavy atom. The number of halogens is 1. The Labute approximate surface area is 114 Å². The predicted octanol–water partition coefficient (Wildman–Crippen LogP) is 1.02. The van der Waals surface area contributed by atoms with Gasteiger partial charge in [0.25, 0.3) is 0 Å². The maximum absolute atomic E-state index is 11.8. The topological polar surface area (TPSA) is 50.4 Å². The summed E-state index contributed by atoms with van der Waals surface area (Å²) in [5.41, 5.74) is 2.35. The van der Waals surface area contributed by atoms with Crippen molar-refractivity contribution in [2.24, 2.45) is 0 Å². The summed E-state index contributed by atoms with van der Waals surface area (Å²) in [6.07, 6.45) is 0. The number of morpholine rings is 1. The van der Waals surface area contributed by atoms with E-state index in [1.54, 1.807) is 0 Å². The average Bonchev–Trinajstić information content (AvgIpc) is 2.38. The molecule has 18 heavy (non-hydrogen) atoms. The van der Waals surface area contributed by atoms with E-state index in [2.05, 4.69) is 10.6 Å². The SMILES string of the molecule is Cc1ccccc1CNC(=O)C1COCCN1.Cl. The van der Waals surface area contributed by atoms with Gasteiger partial charge >= 0.3 is 0 Å². The first kappa shape index (κ1) is 15.0. The van der Waals surface area contributed by atoms with Crippen molar-refractivity contribution in [1.82, 2.24) is 10.6 Å². The van der Waals surface area contributed by atoms with Crippen LogP contribution in [0, 0.1) is 6.92 Å². The molecular formula is C13H19ClN2O2. The molecule has 100 valence electrons. The molecule has 2 N–H and O–H groups in total. The summed E-state index contributed by atoms with van der Waals surface area (Å²) in [6, 6.07) is 7.84. The van der Waals surface area contributed by atoms with Crippen LogP contribution < -0.4 is 10.6 Å². The summed E-state index contributed by atoms with van der Waals surface area (Å²) in [5, 5.41) is 6.06. The van der Waals surface area contributed by atoms with E-state index in [-0.39, 0.29) is 24.4 Å². The highest BCUT2D eigenvalue weighted by atomic mass is 35.5. The summed E-state index contributed by atoms with van der Waals surface area (Å²) < 4.78 is 5.26. The van der Waals surface area contributed by atoms with Crippen LogP contribution in [0.5, 0.6) is 0 Å². The van der Waals surface area contributed by atoms with Crippen LogP contribution in [-0.4, -0.2) is 31.7 Å². The van der Waals surface area contributed by atoms with E-state index in [0.29, 0.717) is 19.8 Å². The molecule has 1 heterocycles. The average molecular weight is 271 g/mol. The van der Waals surface area contributed by atoms with Crippen molar-refractivity contribution in [2.75, 3.05) is 19.8 Å². The van der Waals surface area contributed by atoms with E-state index in [1.165, 1.54) is 5.56 Å². The molecule has 1 amide bonds. The second-order valence-electron chi connectivity index (χ2n) is 4.23. The fraction of sp³-hybridized carbons (Fsp3) is 0.462. The Morgan fingerprint density at radius 1 is 1.50 bits per heavy atom. The van der Waals surface area contributed by atoms with E-state index < -0.39 is 0 Å². The van der Waals surface area contributed by atoms with Crippen molar-refractivity contribution in [3.63, 3.8) is 0 Å². The van der Waals surface area contributed by atoms with Crippen molar-refractivity contribution < 1.29 is 9.53 Å². The summed E-state index contributed by atoms with van der Waals surface area (Å²) in [6.45, 7) is 4.50. The molecule has 1 unspecified atom stereocenters. The van der Waals surface area contributed by atoms with E-state index in [9.17, 15) is 4.79 Å². The predicted molar refractivity (Wildman–Crippen MR) is 72.9 cm³/mol. The molecule has 1 aromatic rings. The van der Waals surface area contributed by atoms with Crippen LogP contribution in [0.3, 0.4) is 0 Å². The van der Waals surface area contributed by atoms with E-state index in [4.69, 9.17) is 4.74 Å². The molecule has 1 aliphatic heterocycles. The lowest BCUT2D eigenvalue weighted by Crippen LogP contribution is -2.51. The van der Waals surface area contributed by atoms with Crippen molar-refractivity contribution in [1.29, 1.82) is 0 Å². The van der Waals surface area contributed by atoms with Crippen molar-refractivity contribution >= 4 is 18.3 Å². The van der Waals surface area contributed by atoms with Crippen LogP contribution in [0.25, 0.3) is 0 Å². The minimum absolute atomic E-state index is 0. The molecular weight excluding hydrogens is 252 g/mol. The molecule has 0 aliphatic carbocycles. The molecule has 0 saturated carbocycles. The van der Waals surface area contributed by atoms with Gasteiger partial charge in [-0.1, -0.05) is 24.3 Å². The molecule has 1 aliphatic rings. The maximum atomic E-state index is 11.8. The largest absolute Gasteiger partial charge is 0.378 e. The number of carbonyl (C=O) groups excluding carboxylic acids is 1. The second-order valence-corrected chi connectivity index (χ2v) is 4.23. The van der Waals surface area contributed by atoms with Gasteiger partial charge in [-0.15, -0.1) is 12.4 Å². The Kier molecular flexibility index (Phi) is 6.12. The zero-order valence-corrected chi connectivity index (χ0v) is 11.3. The molecule has 0 bridgehead atoms. The molecule has 4 nitrogen and oxygen atoms in total. The Hall–Kier alpha value is -1.10. The number of carbonyl (C=O) groups is 1. The monoisotopic (exact) mass is 270 g/mol. The summed E-state index contributed by atoms with van der Waals surface area (Å²) in [4.78, 5) is 11.8. The van der Waals surface area contributed by atoms with Gasteiger partial charge in [0.15, 0.2) is 0 Å². The molecule has 0 spiro atoms. The fourth-order valence-corrected chi connectivity index (χ4v) is 1.85. The van der Waals surface area contributed by atoms with Crippen LogP contribution in [-0.2, 0) is 16.1 Å². The molecule has 0 radical (unpaired) electrons. The quantitative estimate of drug-likeness (QED) is 0.862. The van der Waals surface area contributed by atoms with Crippen molar-refractivity contribution in [2.45, 2.75) is 19.5 Å². The molecule has 1 aromatic carbocycles. The Morgan fingerprint density at radius 2 is 2.28 bits per heavy atom. The van der Waals surface area contributed by atoms with Gasteiger partial charge in [0.05, 0.1) is 13.2 Å². The first-order chi connectivity index (χ1) is 8.27. The number of benzene rings is 1. The first-order valence-corrected chi connectivity index (χ1v) is 5.91. The summed E-state index contributed by atoms with van der Waals surface area (Å²) >= 11 is 0. The minimum Gasteiger partial charge on any atom is -0.378 e. The third kappa shape index (κ3) is 3.98. The van der Waals surface area contributed by atoms with Crippen LogP contribution in [0.4, 0.5) is 0 Å². The number of rotatable bonds is 3. The van der Waals surface area contributed by atoms with Gasteiger partial charge < -0.3 is 15.4 Å². The minimum atomic E-state index is -0.215. The van der Waals surface area contributed by atoms with Gasteiger partial charge in [-0.2, -0.15) is 0 Å². The van der Waals surface area contributed by atoms with Crippen LogP contribution in [0.15, 0.2) is 24.3 Å². The van der Waals surface area contributed by atoms with Gasteiger partial charge in [0.1, 0.15) is 6.04 Å². The zero-order chi connectivity index (χ0) is 12.1. The molecule has 1 fully saturated rings. The maximum Gasteiger partial charge on any atom is 0.239 e. The highest BCUT2D eigenvalue weighted by molar-refractivity contribution is 5.85. The normalized spacial score (nSPS) is 18.8. The third-order valence-corrected chi connectivity index (χ3v) is 2.95. The van der Waals surface area contributed by atoms with Gasteiger partial charge in [0.2, 0.25) is 5.91 Å². The number of aryl methyl sites for hydroxylation is 1. The Bertz CT molecular complexity index is 392. The van der Waals surface area contributed by atoms with E-state index in [1.807, 2.05) is 31.2 Å². The zero-order valence-electron chi connectivity index (χ0n) is 10.4. The second kappa shape index (κ2) is 7.36. The van der Waals surface area contributed by atoms with Gasteiger partial charge in [-0.25, -0.2) is 0 Å². The molecule has 5 heteroatoms. The standard InChI is InChI=1S/C13H18N2O2.ClH/c1-10-4-2-3-5-11(10)8-15-13(16)12-9-17-7-6-14-12;/h2-5,12,14H,6-9H2,1H3,(H,15,16);1H. The first-order valence-electron chi connectivity index (χ1n) is 5.91. The van der Waals surface area contributed by atoms with Crippen LogP contribution in [0.2, 0.25) is 0 Å². The number of hydrogen-bond acceptors (Lipinski definition) is 3. The highest BCUT2D eigenvalue weighted by Crippen LogP contribution is 2.06. The fourth-order valence-electron chi connectivity index (χ4n) is 1.85. The number of ether oxygens (including phenoxy) is 1. The number of amides is 1. The molecule has 2 rings (SSSR count). The van der Waals surface area contributed by atoms with Crippen LogP contribution >= 0.6 is 12.4 Å². The lowest BCUT2D eigenvalue weighted by atomic mass is 10.1. The van der Waals surface area contributed by atoms with Crippen molar-refractivity contribution in [3.05, 3.63) is 35.4 Å². The Balaban J connectivity index is 0.00000162. The van der Waals surface area contributed by atoms with Crippen LogP contribution in [0.1, 0.15) is 11.1 Å². The molecule has 0 aromatic heterocycles.